The summed E-state index contributed by atoms with van der Waals surface area (Å²) in [4.78, 5) is 17.2. The molecule has 0 unspecified atom stereocenters. The minimum atomic E-state index is 0.138. The first kappa shape index (κ1) is 9.90. The van der Waals surface area contributed by atoms with Gasteiger partial charge in [-0.2, -0.15) is 0 Å². The van der Waals surface area contributed by atoms with E-state index in [2.05, 4.69) is 24.7 Å². The van der Waals surface area contributed by atoms with Crippen LogP contribution in [0.1, 0.15) is 17.5 Å². The number of hydrogen-bond donors (Lipinski definition) is 0. The molecule has 3 heteroatoms. The smallest absolute Gasteiger partial charge is 0.228 e. The standard InChI is InChI=1S/C12H14N2O/c1-9-3-5-11-10(7-9)4-6-12(15)14(11)8-13-2/h3,5,7H,2,4,6,8H2,1H3. The van der Waals surface area contributed by atoms with E-state index in [1.165, 1.54) is 11.1 Å². The van der Waals surface area contributed by atoms with Crippen molar-refractivity contribution in [1.29, 1.82) is 0 Å². The van der Waals surface area contributed by atoms with Crippen LogP contribution >= 0.6 is 0 Å². The molecule has 78 valence electrons. The molecule has 2 rings (SSSR count). The number of amides is 1. The Kier molecular flexibility index (Phi) is 2.54. The van der Waals surface area contributed by atoms with Crippen LogP contribution in [0, 0.1) is 6.92 Å². The van der Waals surface area contributed by atoms with Crippen molar-refractivity contribution in [2.24, 2.45) is 4.99 Å². The van der Waals surface area contributed by atoms with Gasteiger partial charge < -0.3 is 0 Å². The van der Waals surface area contributed by atoms with Gasteiger partial charge in [0.15, 0.2) is 0 Å². The molecule has 0 aromatic heterocycles. The van der Waals surface area contributed by atoms with E-state index in [4.69, 9.17) is 0 Å². The molecule has 0 bridgehead atoms. The minimum absolute atomic E-state index is 0.138. The predicted octanol–water partition coefficient (Wildman–Crippen LogP) is 1.93. The number of aryl methyl sites for hydroxylation is 2. The molecule has 15 heavy (non-hydrogen) atoms. The van der Waals surface area contributed by atoms with Crippen molar-refractivity contribution in [2.45, 2.75) is 19.8 Å². The van der Waals surface area contributed by atoms with Crippen LogP contribution in [0.5, 0.6) is 0 Å². The third-order valence-corrected chi connectivity index (χ3v) is 2.68. The van der Waals surface area contributed by atoms with Crippen LogP contribution in [0.2, 0.25) is 0 Å². The zero-order valence-corrected chi connectivity index (χ0v) is 8.86. The van der Waals surface area contributed by atoms with Crippen LogP contribution in [0.25, 0.3) is 0 Å². The Morgan fingerprint density at radius 1 is 1.47 bits per heavy atom. The lowest BCUT2D eigenvalue weighted by Gasteiger charge is -2.28. The van der Waals surface area contributed by atoms with Gasteiger partial charge in [0.05, 0.1) is 0 Å². The normalized spacial score (nSPS) is 15.0. The van der Waals surface area contributed by atoms with Crippen molar-refractivity contribution in [3.05, 3.63) is 29.3 Å². The molecule has 0 radical (unpaired) electrons. The molecule has 3 nitrogen and oxygen atoms in total. The lowest BCUT2D eigenvalue weighted by Crippen LogP contribution is -2.35. The van der Waals surface area contributed by atoms with Crippen molar-refractivity contribution >= 4 is 18.3 Å². The topological polar surface area (TPSA) is 32.7 Å². The number of benzene rings is 1. The zero-order valence-electron chi connectivity index (χ0n) is 8.86. The van der Waals surface area contributed by atoms with Crippen molar-refractivity contribution in [1.82, 2.24) is 0 Å². The largest absolute Gasteiger partial charge is 0.292 e. The maximum absolute atomic E-state index is 11.7. The monoisotopic (exact) mass is 202 g/mol. The first-order chi connectivity index (χ1) is 7.22. The molecule has 1 aliphatic rings. The maximum atomic E-state index is 11.7. The summed E-state index contributed by atoms with van der Waals surface area (Å²) >= 11 is 0. The first-order valence-corrected chi connectivity index (χ1v) is 5.05. The quantitative estimate of drug-likeness (QED) is 0.674. The summed E-state index contributed by atoms with van der Waals surface area (Å²) in [5.41, 5.74) is 3.46. The molecule has 0 spiro atoms. The molecule has 1 amide bonds. The van der Waals surface area contributed by atoms with Crippen LogP contribution in [-0.2, 0) is 11.2 Å². The Labute approximate surface area is 89.4 Å². The van der Waals surface area contributed by atoms with Gasteiger partial charge in [0.2, 0.25) is 5.91 Å². The van der Waals surface area contributed by atoms with E-state index in [1.54, 1.807) is 4.90 Å². The van der Waals surface area contributed by atoms with E-state index < -0.39 is 0 Å². The Balaban J connectivity index is 2.43. The molecule has 1 aromatic carbocycles. The van der Waals surface area contributed by atoms with Crippen molar-refractivity contribution in [2.75, 3.05) is 11.6 Å². The summed E-state index contributed by atoms with van der Waals surface area (Å²) in [6, 6.07) is 6.15. The van der Waals surface area contributed by atoms with Gasteiger partial charge in [0, 0.05) is 12.1 Å². The van der Waals surface area contributed by atoms with Gasteiger partial charge >= 0.3 is 0 Å². The summed E-state index contributed by atoms with van der Waals surface area (Å²) in [7, 11) is 0. The van der Waals surface area contributed by atoms with E-state index in [9.17, 15) is 4.79 Å². The highest BCUT2D eigenvalue weighted by Gasteiger charge is 2.23. The van der Waals surface area contributed by atoms with Crippen LogP contribution in [0.15, 0.2) is 23.2 Å². The lowest BCUT2D eigenvalue weighted by molar-refractivity contribution is -0.118. The highest BCUT2D eigenvalue weighted by Crippen LogP contribution is 2.28. The molecule has 0 fully saturated rings. The predicted molar refractivity (Wildman–Crippen MR) is 61.4 cm³/mol. The molecule has 0 aliphatic carbocycles. The summed E-state index contributed by atoms with van der Waals surface area (Å²) < 4.78 is 0. The summed E-state index contributed by atoms with van der Waals surface area (Å²) in [5.74, 6) is 0.138. The fourth-order valence-corrected chi connectivity index (χ4v) is 1.94. The minimum Gasteiger partial charge on any atom is -0.292 e. The number of anilines is 1. The van der Waals surface area contributed by atoms with Gasteiger partial charge in [-0.05, 0) is 31.7 Å². The maximum Gasteiger partial charge on any atom is 0.228 e. The molecule has 0 atom stereocenters. The van der Waals surface area contributed by atoms with Crippen LogP contribution in [-0.4, -0.2) is 19.3 Å². The number of fused-ring (bicyclic) bond motifs is 1. The molecule has 1 heterocycles. The van der Waals surface area contributed by atoms with Gasteiger partial charge in [0.25, 0.3) is 0 Å². The fraction of sp³-hybridized carbons (Fsp3) is 0.333. The Hall–Kier alpha value is -1.64. The van der Waals surface area contributed by atoms with Gasteiger partial charge in [-0.1, -0.05) is 17.7 Å². The number of nitrogens with zero attached hydrogens (tertiary/aromatic N) is 2. The average molecular weight is 202 g/mol. The number of aliphatic imine (C=N–C) groups is 1. The third kappa shape index (κ3) is 1.77. The van der Waals surface area contributed by atoms with Crippen molar-refractivity contribution in [3.63, 3.8) is 0 Å². The molecule has 0 N–H and O–H groups in total. The highest BCUT2D eigenvalue weighted by molar-refractivity contribution is 5.96. The number of rotatable bonds is 2. The fourth-order valence-electron chi connectivity index (χ4n) is 1.94. The van der Waals surface area contributed by atoms with Crippen LogP contribution < -0.4 is 4.90 Å². The van der Waals surface area contributed by atoms with Crippen molar-refractivity contribution in [3.8, 4) is 0 Å². The van der Waals surface area contributed by atoms with E-state index in [1.807, 2.05) is 12.1 Å². The Morgan fingerprint density at radius 2 is 2.27 bits per heavy atom. The van der Waals surface area contributed by atoms with Crippen LogP contribution in [0.3, 0.4) is 0 Å². The molecule has 0 saturated carbocycles. The molecular weight excluding hydrogens is 188 g/mol. The third-order valence-electron chi connectivity index (χ3n) is 2.68. The van der Waals surface area contributed by atoms with E-state index in [0.717, 1.165) is 12.1 Å². The van der Waals surface area contributed by atoms with Gasteiger partial charge in [-0.25, -0.2) is 0 Å². The molecule has 1 aromatic rings. The van der Waals surface area contributed by atoms with E-state index in [-0.39, 0.29) is 5.91 Å². The summed E-state index contributed by atoms with van der Waals surface area (Å²) in [5, 5.41) is 0. The van der Waals surface area contributed by atoms with Gasteiger partial charge in [0.1, 0.15) is 6.67 Å². The number of carbonyl (C=O) groups excluding carboxylic acids is 1. The van der Waals surface area contributed by atoms with Crippen molar-refractivity contribution < 1.29 is 4.79 Å². The van der Waals surface area contributed by atoms with Gasteiger partial charge in [-0.15, -0.1) is 0 Å². The highest BCUT2D eigenvalue weighted by atomic mass is 16.2. The second-order valence-electron chi connectivity index (χ2n) is 3.82. The number of hydrogen-bond acceptors (Lipinski definition) is 2. The summed E-state index contributed by atoms with van der Waals surface area (Å²) in [6.45, 7) is 5.85. The number of carbonyl (C=O) groups is 1. The van der Waals surface area contributed by atoms with E-state index >= 15 is 0 Å². The lowest BCUT2D eigenvalue weighted by atomic mass is 9.99. The average Bonchev–Trinajstić information content (AvgIpc) is 2.22. The molecule has 0 saturated heterocycles. The first-order valence-electron chi connectivity index (χ1n) is 5.05. The second kappa shape index (κ2) is 3.85. The summed E-state index contributed by atoms with van der Waals surface area (Å²) in [6.07, 6.45) is 1.41. The Bertz CT molecular complexity index is 412. The van der Waals surface area contributed by atoms with E-state index in [0.29, 0.717) is 13.1 Å². The Morgan fingerprint density at radius 3 is 3.00 bits per heavy atom. The zero-order chi connectivity index (χ0) is 10.8. The van der Waals surface area contributed by atoms with Crippen LogP contribution in [0.4, 0.5) is 5.69 Å². The molecular formula is C12H14N2O. The molecule has 1 aliphatic heterocycles. The second-order valence-corrected chi connectivity index (χ2v) is 3.82. The SMILES string of the molecule is C=NCN1C(=O)CCc2cc(C)ccc21. The van der Waals surface area contributed by atoms with Gasteiger partial charge in [-0.3, -0.25) is 14.7 Å².